The van der Waals surface area contributed by atoms with E-state index < -0.39 is 17.2 Å². The predicted octanol–water partition coefficient (Wildman–Crippen LogP) is 3.87. The van der Waals surface area contributed by atoms with Gasteiger partial charge in [0.25, 0.3) is 0 Å². The molecule has 23 heavy (non-hydrogen) atoms. The fourth-order valence-corrected chi connectivity index (χ4v) is 2.23. The zero-order valence-electron chi connectivity index (χ0n) is 12.7. The van der Waals surface area contributed by atoms with Crippen molar-refractivity contribution in [3.05, 3.63) is 52.4 Å². The van der Waals surface area contributed by atoms with Crippen LogP contribution in [-0.2, 0) is 16.1 Å². The second-order valence-corrected chi connectivity index (χ2v) is 6.31. The minimum Gasteiger partial charge on any atom is -0.467 e. The van der Waals surface area contributed by atoms with Gasteiger partial charge in [-0.2, -0.15) is 0 Å². The summed E-state index contributed by atoms with van der Waals surface area (Å²) in [6.45, 7) is 3.28. The third-order valence-corrected chi connectivity index (χ3v) is 3.87. The lowest BCUT2D eigenvalue weighted by molar-refractivity contribution is -0.138. The quantitative estimate of drug-likeness (QED) is 0.800. The van der Waals surface area contributed by atoms with Crippen LogP contribution in [0.4, 0.5) is 5.69 Å². The molecule has 0 aliphatic rings. The van der Waals surface area contributed by atoms with Crippen LogP contribution in [-0.4, -0.2) is 11.8 Å². The van der Waals surface area contributed by atoms with Crippen molar-refractivity contribution >= 4 is 40.7 Å². The molecule has 0 spiro atoms. The number of hydrogen-bond acceptors (Lipinski definition) is 3. The summed E-state index contributed by atoms with van der Waals surface area (Å²) in [7, 11) is 0. The van der Waals surface area contributed by atoms with Crippen molar-refractivity contribution in [1.82, 2.24) is 5.32 Å². The van der Waals surface area contributed by atoms with Crippen LogP contribution in [0.25, 0.3) is 0 Å². The Morgan fingerprint density at radius 3 is 2.52 bits per heavy atom. The van der Waals surface area contributed by atoms with Crippen LogP contribution in [0.3, 0.4) is 0 Å². The minimum atomic E-state index is -1.28. The van der Waals surface area contributed by atoms with E-state index >= 15 is 0 Å². The minimum absolute atomic E-state index is 0.213. The fourth-order valence-electron chi connectivity index (χ4n) is 1.77. The lowest BCUT2D eigenvalue weighted by Gasteiger charge is -2.22. The summed E-state index contributed by atoms with van der Waals surface area (Å²) in [4.78, 5) is 24.7. The van der Waals surface area contributed by atoms with Gasteiger partial charge < -0.3 is 15.1 Å². The molecule has 2 N–H and O–H groups in total. The Kier molecular flexibility index (Phi) is 5.34. The number of benzene rings is 1. The van der Waals surface area contributed by atoms with E-state index in [2.05, 4.69) is 10.6 Å². The topological polar surface area (TPSA) is 71.3 Å². The van der Waals surface area contributed by atoms with Gasteiger partial charge in [-0.25, -0.2) is 0 Å². The summed E-state index contributed by atoms with van der Waals surface area (Å²) in [5.74, 6) is -0.287. The highest BCUT2D eigenvalue weighted by atomic mass is 35.5. The van der Waals surface area contributed by atoms with Crippen LogP contribution in [0.2, 0.25) is 10.0 Å². The van der Waals surface area contributed by atoms with Gasteiger partial charge in [-0.15, -0.1) is 0 Å². The molecule has 0 unspecified atom stereocenters. The highest BCUT2D eigenvalue weighted by molar-refractivity contribution is 6.36. The van der Waals surface area contributed by atoms with E-state index in [1.165, 1.54) is 26.2 Å². The van der Waals surface area contributed by atoms with Crippen LogP contribution < -0.4 is 10.6 Å². The van der Waals surface area contributed by atoms with Crippen molar-refractivity contribution in [3.8, 4) is 0 Å². The number of hydrogen-bond donors (Lipinski definition) is 2. The highest BCUT2D eigenvalue weighted by Crippen LogP contribution is 2.27. The summed E-state index contributed by atoms with van der Waals surface area (Å²) in [6, 6.07) is 8.16. The summed E-state index contributed by atoms with van der Waals surface area (Å²) in [5, 5.41) is 6.07. The molecule has 0 aliphatic heterocycles. The number of carbonyl (C=O) groups excluding carboxylic acids is 2. The zero-order valence-corrected chi connectivity index (χ0v) is 14.2. The Morgan fingerprint density at radius 2 is 1.91 bits per heavy atom. The largest absolute Gasteiger partial charge is 0.467 e. The molecule has 1 heterocycles. The Bertz CT molecular complexity index is 712. The monoisotopic (exact) mass is 354 g/mol. The van der Waals surface area contributed by atoms with Gasteiger partial charge >= 0.3 is 0 Å². The number of carbonyl (C=O) groups is 2. The number of nitrogens with one attached hydrogen (secondary N) is 2. The van der Waals surface area contributed by atoms with E-state index in [1.807, 2.05) is 0 Å². The third kappa shape index (κ3) is 4.27. The lowest BCUT2D eigenvalue weighted by atomic mass is 9.91. The Balaban J connectivity index is 2.02. The highest BCUT2D eigenvalue weighted by Gasteiger charge is 2.36. The summed E-state index contributed by atoms with van der Waals surface area (Å²) < 4.78 is 5.13. The molecule has 1 aromatic carbocycles. The van der Waals surface area contributed by atoms with E-state index in [9.17, 15) is 9.59 Å². The molecule has 5 nitrogen and oxygen atoms in total. The zero-order chi connectivity index (χ0) is 17.0. The van der Waals surface area contributed by atoms with Gasteiger partial charge in [0.05, 0.1) is 23.5 Å². The molecule has 1 aromatic heterocycles. The van der Waals surface area contributed by atoms with E-state index in [4.69, 9.17) is 27.6 Å². The van der Waals surface area contributed by atoms with Crippen molar-refractivity contribution in [2.75, 3.05) is 5.32 Å². The average Bonchev–Trinajstić information content (AvgIpc) is 3.00. The lowest BCUT2D eigenvalue weighted by Crippen LogP contribution is -2.44. The van der Waals surface area contributed by atoms with Crippen LogP contribution in [0, 0.1) is 5.41 Å². The molecule has 0 atom stereocenters. The molecular formula is C16H16Cl2N2O3. The first-order valence-corrected chi connectivity index (χ1v) is 7.63. The molecule has 2 aromatic rings. The standard InChI is InChI=1S/C16H16Cl2N2O3/c1-16(2,14(21)19-9-11-4-3-7-23-11)15(22)20-13-6-5-10(17)8-12(13)18/h3-8H,9H2,1-2H3,(H,19,21)(H,20,22). The smallest absolute Gasteiger partial charge is 0.239 e. The van der Waals surface area contributed by atoms with E-state index in [0.717, 1.165) is 0 Å². The first kappa shape index (κ1) is 17.4. The molecule has 122 valence electrons. The number of halogens is 2. The fraction of sp³-hybridized carbons (Fsp3) is 0.250. The molecule has 2 rings (SSSR count). The van der Waals surface area contributed by atoms with Gasteiger partial charge in [-0.1, -0.05) is 23.2 Å². The second kappa shape index (κ2) is 7.06. The SMILES string of the molecule is CC(C)(C(=O)NCc1ccco1)C(=O)Nc1ccc(Cl)cc1Cl. The maximum absolute atomic E-state index is 12.4. The second-order valence-electron chi connectivity index (χ2n) is 5.47. The van der Waals surface area contributed by atoms with Crippen molar-refractivity contribution in [2.45, 2.75) is 20.4 Å². The Hall–Kier alpha value is -1.98. The van der Waals surface area contributed by atoms with Gasteiger partial charge in [-0.05, 0) is 44.2 Å². The van der Waals surface area contributed by atoms with E-state index in [1.54, 1.807) is 24.3 Å². The van der Waals surface area contributed by atoms with E-state index in [0.29, 0.717) is 21.5 Å². The Labute approximate surface area is 144 Å². The summed E-state index contributed by atoms with van der Waals surface area (Å²) in [5.41, 5.74) is -0.886. The third-order valence-electron chi connectivity index (χ3n) is 3.32. The molecule has 0 saturated heterocycles. The van der Waals surface area contributed by atoms with Crippen LogP contribution >= 0.6 is 23.2 Å². The van der Waals surface area contributed by atoms with Gasteiger partial charge in [-0.3, -0.25) is 9.59 Å². The van der Waals surface area contributed by atoms with Gasteiger partial charge in [0, 0.05) is 5.02 Å². The summed E-state index contributed by atoms with van der Waals surface area (Å²) >= 11 is 11.8. The van der Waals surface area contributed by atoms with Crippen molar-refractivity contribution in [2.24, 2.45) is 5.41 Å². The van der Waals surface area contributed by atoms with Gasteiger partial charge in [0.1, 0.15) is 11.2 Å². The van der Waals surface area contributed by atoms with Gasteiger partial charge in [0.2, 0.25) is 11.8 Å². The molecule has 0 fully saturated rings. The maximum atomic E-state index is 12.4. The molecule has 0 radical (unpaired) electrons. The van der Waals surface area contributed by atoms with Gasteiger partial charge in [0.15, 0.2) is 0 Å². The predicted molar refractivity (Wildman–Crippen MR) is 89.4 cm³/mol. The first-order valence-electron chi connectivity index (χ1n) is 6.88. The number of amides is 2. The molecular weight excluding hydrogens is 339 g/mol. The number of anilines is 1. The number of furan rings is 1. The number of rotatable bonds is 5. The van der Waals surface area contributed by atoms with Crippen molar-refractivity contribution in [1.29, 1.82) is 0 Å². The molecule has 7 heteroatoms. The van der Waals surface area contributed by atoms with Crippen LogP contribution in [0.1, 0.15) is 19.6 Å². The molecule has 0 bridgehead atoms. The maximum Gasteiger partial charge on any atom is 0.239 e. The molecule has 0 saturated carbocycles. The first-order chi connectivity index (χ1) is 10.8. The van der Waals surface area contributed by atoms with Crippen molar-refractivity contribution in [3.63, 3.8) is 0 Å². The summed E-state index contributed by atoms with van der Waals surface area (Å²) in [6.07, 6.45) is 1.52. The normalized spacial score (nSPS) is 11.1. The van der Waals surface area contributed by atoms with Crippen molar-refractivity contribution < 1.29 is 14.0 Å². The molecule has 2 amide bonds. The molecule has 0 aliphatic carbocycles. The average molecular weight is 355 g/mol. The Morgan fingerprint density at radius 1 is 1.17 bits per heavy atom. The van der Waals surface area contributed by atoms with Crippen LogP contribution in [0.5, 0.6) is 0 Å². The van der Waals surface area contributed by atoms with E-state index in [-0.39, 0.29) is 6.54 Å². The van der Waals surface area contributed by atoms with Crippen LogP contribution in [0.15, 0.2) is 41.0 Å².